The summed E-state index contributed by atoms with van der Waals surface area (Å²) < 4.78 is 4.46. The molecule has 230 valence electrons. The van der Waals surface area contributed by atoms with Crippen molar-refractivity contribution < 1.29 is 0 Å². The van der Waals surface area contributed by atoms with Gasteiger partial charge in [-0.15, -0.1) is 0 Å². The summed E-state index contributed by atoms with van der Waals surface area (Å²) in [5, 5.41) is 0. The monoisotopic (exact) mass is 751 g/mol. The van der Waals surface area contributed by atoms with Crippen molar-refractivity contribution in [3.8, 4) is 0 Å². The summed E-state index contributed by atoms with van der Waals surface area (Å²) >= 11 is -2.54. The minimum absolute atomic E-state index is 1.37. The molecule has 0 aliphatic heterocycles. The average Bonchev–Trinajstić information content (AvgIpc) is 2.92. The predicted molar refractivity (Wildman–Crippen MR) is 182 cm³/mol. The van der Waals surface area contributed by atoms with Gasteiger partial charge in [0.1, 0.15) is 0 Å². The van der Waals surface area contributed by atoms with E-state index in [2.05, 4.69) is 20.8 Å². The molecule has 0 spiro atoms. The maximum absolute atomic E-state index is 7.59. The van der Waals surface area contributed by atoms with Crippen LogP contribution in [0.4, 0.5) is 0 Å². The Morgan fingerprint density at radius 1 is 0.263 bits per heavy atom. The number of rotatable bonds is 33. The van der Waals surface area contributed by atoms with Crippen LogP contribution in [-0.2, 0) is 0 Å². The zero-order valence-electron chi connectivity index (χ0n) is 27.2. The van der Waals surface area contributed by atoms with Gasteiger partial charge < -0.3 is 0 Å². The topological polar surface area (TPSA) is 0 Å². The van der Waals surface area contributed by atoms with Gasteiger partial charge >= 0.3 is 254 Å². The van der Waals surface area contributed by atoms with Gasteiger partial charge in [-0.05, 0) is 0 Å². The Bertz CT molecular complexity index is 364. The van der Waals surface area contributed by atoms with Crippen LogP contribution in [0.3, 0.4) is 0 Å². The third kappa shape index (κ3) is 30.2. The van der Waals surface area contributed by atoms with Crippen molar-refractivity contribution in [1.29, 1.82) is 0 Å². The maximum atomic E-state index is 7.59. The fourth-order valence-electron chi connectivity index (χ4n) is 6.16. The van der Waals surface area contributed by atoms with Gasteiger partial charge in [0.15, 0.2) is 0 Å². The normalized spacial score (nSPS) is 12.0. The van der Waals surface area contributed by atoms with Crippen LogP contribution in [-0.4, -0.2) is 19.9 Å². The average molecular weight is 751 g/mol. The quantitative estimate of drug-likeness (QED) is 0.0463. The van der Waals surface area contributed by atoms with Crippen molar-refractivity contribution in [3.05, 3.63) is 0 Å². The molecule has 2 heteroatoms. The molecule has 0 radical (unpaired) electrons. The fraction of sp³-hybridized carbons (Fsp3) is 1.00. The molecule has 0 amide bonds. The minimum atomic E-state index is -2.54. The molecule has 0 aromatic heterocycles. The third-order valence-corrected chi connectivity index (χ3v) is 28.5. The second kappa shape index (κ2) is 32.7. The van der Waals surface area contributed by atoms with Crippen LogP contribution < -0.4 is 0 Å². The third-order valence-electron chi connectivity index (χ3n) is 8.94. The van der Waals surface area contributed by atoms with Gasteiger partial charge in [0.05, 0.1) is 0 Å². The van der Waals surface area contributed by atoms with Gasteiger partial charge in [-0.3, -0.25) is 0 Å². The molecule has 0 heterocycles. The van der Waals surface area contributed by atoms with Crippen LogP contribution in [0.2, 0.25) is 11.9 Å². The molecule has 38 heavy (non-hydrogen) atoms. The van der Waals surface area contributed by atoms with Crippen molar-refractivity contribution in [1.82, 2.24) is 0 Å². The van der Waals surface area contributed by atoms with E-state index < -0.39 is 19.9 Å². The summed E-state index contributed by atoms with van der Waals surface area (Å²) in [4.78, 5) is 0. The van der Waals surface area contributed by atoms with Gasteiger partial charge in [-0.1, -0.05) is 0 Å². The first kappa shape index (κ1) is 39.2. The van der Waals surface area contributed by atoms with Crippen molar-refractivity contribution in [2.45, 2.75) is 225 Å². The summed E-state index contributed by atoms with van der Waals surface area (Å²) in [7, 11) is 7.59. The van der Waals surface area contributed by atoms with Crippen LogP contribution in [0.1, 0.15) is 213 Å². The van der Waals surface area contributed by atoms with Gasteiger partial charge in [-0.25, -0.2) is 0 Å². The van der Waals surface area contributed by atoms with E-state index in [0.29, 0.717) is 0 Å². The molecule has 0 atom stereocenters. The summed E-state index contributed by atoms with van der Waals surface area (Å²) in [6.07, 6.45) is 43.5. The van der Waals surface area contributed by atoms with Crippen molar-refractivity contribution in [2.75, 3.05) is 0 Å². The van der Waals surface area contributed by atoms with E-state index in [4.69, 9.17) is 8.32 Å². The predicted octanol–water partition coefficient (Wildman–Crippen LogP) is 14.9. The van der Waals surface area contributed by atoms with Gasteiger partial charge in [0.2, 0.25) is 0 Å². The van der Waals surface area contributed by atoms with Crippen LogP contribution in [0.15, 0.2) is 0 Å². The summed E-state index contributed by atoms with van der Waals surface area (Å²) in [6.45, 7) is 6.94. The molecule has 0 N–H and O–H groups in total. The Morgan fingerprint density at radius 2 is 0.421 bits per heavy atom. The Labute approximate surface area is 252 Å². The number of halogens is 1. The molecule has 0 aromatic rings. The van der Waals surface area contributed by atoms with E-state index in [1.165, 1.54) is 205 Å². The first-order chi connectivity index (χ1) is 18.7. The Kier molecular flexibility index (Phi) is 33.8. The SMILES string of the molecule is CCCCCCCCCCC[CH2][Pb]([Cl])([CH2]CCCCCCCCCCC)[CH2]CCCCCCCCCCC. The number of unbranched alkanes of at least 4 members (excludes halogenated alkanes) is 27. The van der Waals surface area contributed by atoms with Crippen molar-refractivity contribution in [3.63, 3.8) is 0 Å². The Morgan fingerprint density at radius 3 is 0.605 bits per heavy atom. The van der Waals surface area contributed by atoms with Crippen molar-refractivity contribution >= 4 is 28.3 Å². The van der Waals surface area contributed by atoms with E-state index in [1.54, 1.807) is 0 Å². The van der Waals surface area contributed by atoms with E-state index in [-0.39, 0.29) is 0 Å². The second-order valence-electron chi connectivity index (χ2n) is 12.9. The molecule has 0 aromatic carbocycles. The second-order valence-corrected chi connectivity index (χ2v) is 34.8. The standard InChI is InChI=1S/3C12H25.ClH.Pb/c3*1-3-5-7-9-11-12-10-8-6-4-2;;/h3*1,3-12H2,2H3;1H;/q;;;;+1/p-1. The molecule has 0 saturated heterocycles. The molecular weight excluding hydrogens is 675 g/mol. The molecule has 0 saturated carbocycles. The molecular formula is C36H75ClPb. The van der Waals surface area contributed by atoms with E-state index in [0.717, 1.165) is 0 Å². The summed E-state index contributed by atoms with van der Waals surface area (Å²) in [5.74, 6) is 0. The van der Waals surface area contributed by atoms with E-state index in [9.17, 15) is 0 Å². The molecule has 0 aliphatic rings. The fourth-order valence-corrected chi connectivity index (χ4v) is 22.9. The zero-order valence-corrected chi connectivity index (χ0v) is 31.9. The van der Waals surface area contributed by atoms with E-state index in [1.807, 2.05) is 0 Å². The Balaban J connectivity index is 4.06. The van der Waals surface area contributed by atoms with Gasteiger partial charge in [-0.2, -0.15) is 0 Å². The molecule has 0 aliphatic carbocycles. The first-order valence-electron chi connectivity index (χ1n) is 18.4. The van der Waals surface area contributed by atoms with Crippen LogP contribution in [0.5, 0.6) is 0 Å². The Hall–Kier alpha value is 1.21. The van der Waals surface area contributed by atoms with Crippen molar-refractivity contribution in [2.24, 2.45) is 0 Å². The molecule has 0 bridgehead atoms. The van der Waals surface area contributed by atoms with Gasteiger partial charge in [0.25, 0.3) is 0 Å². The van der Waals surface area contributed by atoms with Crippen LogP contribution in [0.25, 0.3) is 0 Å². The first-order valence-corrected chi connectivity index (χ1v) is 31.4. The summed E-state index contributed by atoms with van der Waals surface area (Å²) in [6, 6.07) is 0. The zero-order chi connectivity index (χ0) is 27.8. The molecule has 0 rings (SSSR count). The summed E-state index contributed by atoms with van der Waals surface area (Å²) in [5.41, 5.74) is 0. The number of hydrogen-bond acceptors (Lipinski definition) is 0. The number of hydrogen-bond donors (Lipinski definition) is 0. The molecule has 0 unspecified atom stereocenters. The van der Waals surface area contributed by atoms with Crippen LogP contribution in [0, 0.1) is 0 Å². The molecule has 0 fully saturated rings. The molecule has 0 nitrogen and oxygen atoms in total. The van der Waals surface area contributed by atoms with Crippen LogP contribution >= 0.6 is 8.32 Å². The van der Waals surface area contributed by atoms with E-state index >= 15 is 0 Å². The van der Waals surface area contributed by atoms with Gasteiger partial charge in [0, 0.05) is 0 Å².